The minimum absolute atomic E-state index is 0.116. The summed E-state index contributed by atoms with van der Waals surface area (Å²) in [5.74, 6) is -0.272. The second-order valence-corrected chi connectivity index (χ2v) is 6.94. The molecule has 7 heteroatoms. The Balaban J connectivity index is 1.47. The number of anilines is 1. The van der Waals surface area contributed by atoms with Crippen molar-refractivity contribution >= 4 is 17.5 Å². The smallest absolute Gasteiger partial charge is 0.242 e. The maximum Gasteiger partial charge on any atom is 0.242 e. The molecule has 4 N–H and O–H groups in total. The molecule has 0 unspecified atom stereocenters. The highest BCUT2D eigenvalue weighted by Gasteiger charge is 2.35. The van der Waals surface area contributed by atoms with E-state index >= 15 is 0 Å². The zero-order chi connectivity index (χ0) is 19.8. The molecule has 2 aromatic rings. The topological polar surface area (TPSA) is 100 Å². The highest BCUT2D eigenvalue weighted by Crippen LogP contribution is 2.19. The van der Waals surface area contributed by atoms with E-state index in [1.807, 2.05) is 42.5 Å². The number of nitrogens with one attached hydrogen (secondary N) is 2. The molecule has 1 saturated heterocycles. The summed E-state index contributed by atoms with van der Waals surface area (Å²) < 4.78 is 0. The van der Waals surface area contributed by atoms with E-state index < -0.39 is 12.1 Å². The largest absolute Gasteiger partial charge is 0.383 e. The lowest BCUT2D eigenvalue weighted by Gasteiger charge is -2.26. The summed E-state index contributed by atoms with van der Waals surface area (Å²) in [6, 6.07) is 12.4. The number of nitrogens with two attached hydrogens (primary N) is 1. The number of pyridine rings is 1. The molecule has 1 aliphatic heterocycles. The number of likely N-dealkylation sites (tertiary alicyclic amines) is 1. The Morgan fingerprint density at radius 2 is 1.89 bits per heavy atom. The number of carbonyl (C=O) groups excluding carboxylic acids is 2. The highest BCUT2D eigenvalue weighted by molar-refractivity contribution is 5.90. The van der Waals surface area contributed by atoms with Crippen molar-refractivity contribution in [1.29, 1.82) is 0 Å². The van der Waals surface area contributed by atoms with Gasteiger partial charge in [-0.3, -0.25) is 14.6 Å². The van der Waals surface area contributed by atoms with E-state index in [0.29, 0.717) is 32.5 Å². The third-order valence-electron chi connectivity index (χ3n) is 4.89. The SMILES string of the molecule is N[C@H](Cc1ccccc1)C(=O)N1CCC[C@H]1C(=O)NCCNc1ccncc1. The average Bonchev–Trinajstić information content (AvgIpc) is 3.22. The van der Waals surface area contributed by atoms with E-state index in [0.717, 1.165) is 17.7 Å². The van der Waals surface area contributed by atoms with Gasteiger partial charge >= 0.3 is 0 Å². The second kappa shape index (κ2) is 9.85. The quantitative estimate of drug-likeness (QED) is 0.596. The van der Waals surface area contributed by atoms with Crippen LogP contribution >= 0.6 is 0 Å². The fourth-order valence-electron chi connectivity index (χ4n) is 3.45. The number of aromatic nitrogens is 1. The van der Waals surface area contributed by atoms with Gasteiger partial charge in [-0.1, -0.05) is 30.3 Å². The molecule has 0 spiro atoms. The number of hydrogen-bond acceptors (Lipinski definition) is 5. The van der Waals surface area contributed by atoms with Gasteiger partial charge in [-0.05, 0) is 37.0 Å². The minimum atomic E-state index is -0.635. The van der Waals surface area contributed by atoms with Crippen LogP contribution in [0.25, 0.3) is 0 Å². The molecule has 2 amide bonds. The van der Waals surface area contributed by atoms with Gasteiger partial charge in [0.1, 0.15) is 6.04 Å². The number of amides is 2. The summed E-state index contributed by atoms with van der Waals surface area (Å²) in [6.07, 6.45) is 5.38. The molecule has 2 heterocycles. The standard InChI is InChI=1S/C21H27N5O2/c22-18(15-16-5-2-1-3-6-16)21(28)26-14-4-7-19(26)20(27)25-13-12-24-17-8-10-23-11-9-17/h1-3,5-6,8-11,18-19H,4,7,12-15,22H2,(H,23,24)(H,25,27)/t18-,19+/m1/s1. The van der Waals surface area contributed by atoms with Crippen LogP contribution in [0.3, 0.4) is 0 Å². The average molecular weight is 381 g/mol. The Hall–Kier alpha value is -2.93. The first-order valence-corrected chi connectivity index (χ1v) is 9.67. The minimum Gasteiger partial charge on any atom is -0.383 e. The van der Waals surface area contributed by atoms with Crippen molar-refractivity contribution < 1.29 is 9.59 Å². The molecule has 28 heavy (non-hydrogen) atoms. The van der Waals surface area contributed by atoms with E-state index in [1.54, 1.807) is 17.3 Å². The third kappa shape index (κ3) is 5.29. The van der Waals surface area contributed by atoms with Crippen molar-refractivity contribution in [2.45, 2.75) is 31.3 Å². The molecule has 0 bridgehead atoms. The van der Waals surface area contributed by atoms with Gasteiger partial charge < -0.3 is 21.3 Å². The first-order chi connectivity index (χ1) is 13.6. The third-order valence-corrected chi connectivity index (χ3v) is 4.89. The fraction of sp³-hybridized carbons (Fsp3) is 0.381. The number of benzene rings is 1. The summed E-state index contributed by atoms with van der Waals surface area (Å²) in [7, 11) is 0. The molecule has 1 aliphatic rings. The first kappa shape index (κ1) is 19.8. The van der Waals surface area contributed by atoms with Crippen molar-refractivity contribution in [2.24, 2.45) is 5.73 Å². The molecule has 1 fully saturated rings. The zero-order valence-corrected chi connectivity index (χ0v) is 15.9. The first-order valence-electron chi connectivity index (χ1n) is 9.67. The molecule has 148 valence electrons. The molecular weight excluding hydrogens is 354 g/mol. The van der Waals surface area contributed by atoms with Gasteiger partial charge in [-0.25, -0.2) is 0 Å². The van der Waals surface area contributed by atoms with Gasteiger partial charge in [0.25, 0.3) is 0 Å². The molecule has 0 aliphatic carbocycles. The van der Waals surface area contributed by atoms with Crippen LogP contribution in [0.15, 0.2) is 54.9 Å². The fourth-order valence-corrected chi connectivity index (χ4v) is 3.45. The van der Waals surface area contributed by atoms with Crippen LogP contribution < -0.4 is 16.4 Å². The molecule has 1 aromatic heterocycles. The predicted octanol–water partition coefficient (Wildman–Crippen LogP) is 1.17. The van der Waals surface area contributed by atoms with Gasteiger partial charge in [0.2, 0.25) is 11.8 Å². The molecule has 3 rings (SSSR count). The molecular formula is C21H27N5O2. The van der Waals surface area contributed by atoms with Crippen molar-refractivity contribution in [3.8, 4) is 0 Å². The lowest BCUT2D eigenvalue weighted by atomic mass is 10.1. The summed E-state index contributed by atoms with van der Waals surface area (Å²) in [6.45, 7) is 1.66. The lowest BCUT2D eigenvalue weighted by Crippen LogP contribution is -2.52. The van der Waals surface area contributed by atoms with E-state index in [-0.39, 0.29) is 11.8 Å². The van der Waals surface area contributed by atoms with Crippen LogP contribution in [-0.4, -0.2) is 53.4 Å². The maximum atomic E-state index is 12.8. The van der Waals surface area contributed by atoms with Crippen LogP contribution in [0.5, 0.6) is 0 Å². The summed E-state index contributed by atoms with van der Waals surface area (Å²) >= 11 is 0. The Morgan fingerprint density at radius 1 is 1.14 bits per heavy atom. The number of rotatable bonds is 8. The van der Waals surface area contributed by atoms with Gasteiger partial charge in [-0.2, -0.15) is 0 Å². The number of nitrogens with zero attached hydrogens (tertiary/aromatic N) is 2. The van der Waals surface area contributed by atoms with Crippen LogP contribution in [0.1, 0.15) is 18.4 Å². The van der Waals surface area contributed by atoms with Crippen LogP contribution in [-0.2, 0) is 16.0 Å². The van der Waals surface area contributed by atoms with Crippen molar-refractivity contribution in [2.75, 3.05) is 25.0 Å². The van der Waals surface area contributed by atoms with Crippen molar-refractivity contribution in [1.82, 2.24) is 15.2 Å². The summed E-state index contributed by atoms with van der Waals surface area (Å²) in [4.78, 5) is 31.0. The normalized spacial score (nSPS) is 17.2. The molecule has 0 saturated carbocycles. The maximum absolute atomic E-state index is 12.8. The highest BCUT2D eigenvalue weighted by atomic mass is 16.2. The molecule has 0 radical (unpaired) electrons. The Morgan fingerprint density at radius 3 is 2.64 bits per heavy atom. The number of carbonyl (C=O) groups is 2. The van der Waals surface area contributed by atoms with Gasteiger partial charge in [0, 0.05) is 37.7 Å². The van der Waals surface area contributed by atoms with Crippen LogP contribution in [0, 0.1) is 0 Å². The van der Waals surface area contributed by atoms with E-state index in [1.165, 1.54) is 0 Å². The van der Waals surface area contributed by atoms with Crippen LogP contribution in [0.4, 0.5) is 5.69 Å². The van der Waals surface area contributed by atoms with Gasteiger partial charge in [0.05, 0.1) is 6.04 Å². The summed E-state index contributed by atoms with van der Waals surface area (Å²) in [5, 5.41) is 6.13. The number of hydrogen-bond donors (Lipinski definition) is 3. The lowest BCUT2D eigenvalue weighted by molar-refractivity contribution is -0.139. The van der Waals surface area contributed by atoms with E-state index in [9.17, 15) is 9.59 Å². The van der Waals surface area contributed by atoms with Crippen LogP contribution in [0.2, 0.25) is 0 Å². The second-order valence-electron chi connectivity index (χ2n) is 6.94. The molecule has 7 nitrogen and oxygen atoms in total. The monoisotopic (exact) mass is 381 g/mol. The van der Waals surface area contributed by atoms with E-state index in [4.69, 9.17) is 5.73 Å². The zero-order valence-electron chi connectivity index (χ0n) is 15.9. The van der Waals surface area contributed by atoms with Crippen molar-refractivity contribution in [3.05, 3.63) is 60.4 Å². The predicted molar refractivity (Wildman–Crippen MR) is 109 cm³/mol. The summed E-state index contributed by atoms with van der Waals surface area (Å²) in [5.41, 5.74) is 8.11. The Labute approximate surface area is 165 Å². The van der Waals surface area contributed by atoms with E-state index in [2.05, 4.69) is 15.6 Å². The molecule has 1 aromatic carbocycles. The molecule has 2 atom stereocenters. The Bertz CT molecular complexity index is 769. The van der Waals surface area contributed by atoms with Gasteiger partial charge in [-0.15, -0.1) is 0 Å². The Kier molecular flexibility index (Phi) is 6.97. The van der Waals surface area contributed by atoms with Crippen molar-refractivity contribution in [3.63, 3.8) is 0 Å². The van der Waals surface area contributed by atoms with Gasteiger partial charge in [0.15, 0.2) is 0 Å².